The number of rotatable bonds is 3. The van der Waals surface area contributed by atoms with Gasteiger partial charge in [-0.05, 0) is 42.7 Å². The number of hydrogen-bond donors (Lipinski definition) is 0. The van der Waals surface area contributed by atoms with Crippen molar-refractivity contribution in [3.8, 4) is 11.3 Å². The van der Waals surface area contributed by atoms with Crippen molar-refractivity contribution in [2.45, 2.75) is 18.9 Å². The molecule has 3 heterocycles. The molecule has 1 unspecified atom stereocenters. The van der Waals surface area contributed by atoms with Crippen LogP contribution in [0.2, 0.25) is 0 Å². The minimum atomic E-state index is -0.356. The summed E-state index contributed by atoms with van der Waals surface area (Å²) in [5, 5.41) is 3.92. The van der Waals surface area contributed by atoms with Crippen LogP contribution in [0.1, 0.15) is 35.0 Å². The molecule has 6 heteroatoms. The number of halogens is 1. The van der Waals surface area contributed by atoms with Crippen LogP contribution in [0.25, 0.3) is 11.3 Å². The standard InChI is InChI=1S/C19H16FN3O2/c20-15-4-1-3-14(11-15)16-12-18(25-22-16)19(24)23-10-2-5-17(23)13-6-8-21-9-7-13/h1,3-4,6-9,11-12,17H,2,5,10H2. The van der Waals surface area contributed by atoms with Gasteiger partial charge in [0.1, 0.15) is 11.5 Å². The summed E-state index contributed by atoms with van der Waals surface area (Å²) in [6.45, 7) is 0.668. The number of nitrogens with zero attached hydrogens (tertiary/aromatic N) is 3. The molecule has 0 aliphatic carbocycles. The monoisotopic (exact) mass is 337 g/mol. The van der Waals surface area contributed by atoms with Crippen LogP contribution >= 0.6 is 0 Å². The third kappa shape index (κ3) is 3.03. The topological polar surface area (TPSA) is 59.2 Å². The van der Waals surface area contributed by atoms with E-state index < -0.39 is 0 Å². The van der Waals surface area contributed by atoms with Gasteiger partial charge in [-0.15, -0.1) is 0 Å². The molecule has 1 fully saturated rings. The van der Waals surface area contributed by atoms with Gasteiger partial charge < -0.3 is 9.42 Å². The quantitative estimate of drug-likeness (QED) is 0.728. The number of benzene rings is 1. The van der Waals surface area contributed by atoms with E-state index in [1.54, 1.807) is 35.5 Å². The fourth-order valence-corrected chi connectivity index (χ4v) is 3.24. The molecule has 0 saturated carbocycles. The van der Waals surface area contributed by atoms with Crippen LogP contribution in [-0.4, -0.2) is 27.5 Å². The Kier molecular flexibility index (Phi) is 4.01. The van der Waals surface area contributed by atoms with E-state index in [2.05, 4.69) is 10.1 Å². The first kappa shape index (κ1) is 15.5. The summed E-state index contributed by atoms with van der Waals surface area (Å²) >= 11 is 0. The highest BCUT2D eigenvalue weighted by atomic mass is 19.1. The van der Waals surface area contributed by atoms with Gasteiger partial charge in [0.05, 0.1) is 6.04 Å². The van der Waals surface area contributed by atoms with Crippen molar-refractivity contribution in [1.82, 2.24) is 15.0 Å². The van der Waals surface area contributed by atoms with E-state index in [1.165, 1.54) is 12.1 Å². The molecule has 2 aromatic heterocycles. The van der Waals surface area contributed by atoms with Crippen molar-refractivity contribution in [3.05, 3.63) is 72.0 Å². The summed E-state index contributed by atoms with van der Waals surface area (Å²) in [6.07, 6.45) is 5.30. The van der Waals surface area contributed by atoms with Gasteiger partial charge in [-0.3, -0.25) is 9.78 Å². The Morgan fingerprint density at radius 1 is 1.20 bits per heavy atom. The molecule has 1 amide bonds. The third-order valence-electron chi connectivity index (χ3n) is 4.45. The van der Waals surface area contributed by atoms with Gasteiger partial charge >= 0.3 is 0 Å². The van der Waals surface area contributed by atoms with E-state index in [-0.39, 0.29) is 23.5 Å². The summed E-state index contributed by atoms with van der Waals surface area (Å²) < 4.78 is 18.6. The highest BCUT2D eigenvalue weighted by Gasteiger charge is 2.32. The number of hydrogen-bond acceptors (Lipinski definition) is 4. The van der Waals surface area contributed by atoms with Crippen molar-refractivity contribution < 1.29 is 13.7 Å². The van der Waals surface area contributed by atoms with Gasteiger partial charge in [0.25, 0.3) is 5.91 Å². The Hall–Kier alpha value is -3.02. The van der Waals surface area contributed by atoms with Gasteiger partial charge in [0.15, 0.2) is 0 Å². The second-order valence-corrected chi connectivity index (χ2v) is 6.02. The lowest BCUT2D eigenvalue weighted by atomic mass is 10.1. The first-order chi connectivity index (χ1) is 12.2. The highest BCUT2D eigenvalue weighted by Crippen LogP contribution is 2.33. The molecule has 0 N–H and O–H groups in total. The molecule has 1 saturated heterocycles. The summed E-state index contributed by atoms with van der Waals surface area (Å²) in [5.41, 5.74) is 2.09. The number of amides is 1. The molecule has 0 radical (unpaired) electrons. The highest BCUT2D eigenvalue weighted by molar-refractivity contribution is 5.93. The Morgan fingerprint density at radius 2 is 2.04 bits per heavy atom. The molecule has 3 aromatic rings. The second-order valence-electron chi connectivity index (χ2n) is 6.02. The third-order valence-corrected chi connectivity index (χ3v) is 4.45. The minimum Gasteiger partial charge on any atom is -0.350 e. The van der Waals surface area contributed by atoms with E-state index in [9.17, 15) is 9.18 Å². The SMILES string of the molecule is O=C(c1cc(-c2cccc(F)c2)no1)N1CCCC1c1ccncc1. The van der Waals surface area contributed by atoms with E-state index in [1.807, 2.05) is 12.1 Å². The van der Waals surface area contributed by atoms with Crippen molar-refractivity contribution >= 4 is 5.91 Å². The Balaban J connectivity index is 1.59. The molecule has 0 bridgehead atoms. The lowest BCUT2D eigenvalue weighted by Gasteiger charge is -2.23. The number of pyridine rings is 1. The van der Waals surface area contributed by atoms with Gasteiger partial charge in [-0.1, -0.05) is 17.3 Å². The van der Waals surface area contributed by atoms with Crippen LogP contribution in [0.4, 0.5) is 4.39 Å². The predicted molar refractivity (Wildman–Crippen MR) is 89.1 cm³/mol. The fraction of sp³-hybridized carbons (Fsp3) is 0.211. The average Bonchev–Trinajstić information content (AvgIpc) is 3.32. The molecule has 0 spiro atoms. The summed E-state index contributed by atoms with van der Waals surface area (Å²) in [7, 11) is 0. The summed E-state index contributed by atoms with van der Waals surface area (Å²) in [4.78, 5) is 18.7. The van der Waals surface area contributed by atoms with Crippen molar-refractivity contribution in [2.24, 2.45) is 0 Å². The first-order valence-electron chi connectivity index (χ1n) is 8.16. The minimum absolute atomic E-state index is 0.0122. The van der Waals surface area contributed by atoms with E-state index in [0.29, 0.717) is 17.8 Å². The molecule has 5 nitrogen and oxygen atoms in total. The maximum atomic E-state index is 13.4. The van der Waals surface area contributed by atoms with Gasteiger partial charge in [-0.2, -0.15) is 0 Å². The van der Waals surface area contributed by atoms with Crippen molar-refractivity contribution in [1.29, 1.82) is 0 Å². The van der Waals surface area contributed by atoms with Crippen LogP contribution in [0.5, 0.6) is 0 Å². The molecular formula is C19H16FN3O2. The van der Waals surface area contributed by atoms with E-state index in [0.717, 1.165) is 18.4 Å². The number of carbonyl (C=O) groups is 1. The Morgan fingerprint density at radius 3 is 2.84 bits per heavy atom. The molecule has 126 valence electrons. The molecule has 25 heavy (non-hydrogen) atoms. The second kappa shape index (κ2) is 6.47. The smallest absolute Gasteiger partial charge is 0.292 e. The van der Waals surface area contributed by atoms with E-state index >= 15 is 0 Å². The largest absolute Gasteiger partial charge is 0.350 e. The number of likely N-dealkylation sites (tertiary alicyclic amines) is 1. The number of carbonyl (C=O) groups excluding carboxylic acids is 1. The number of aromatic nitrogens is 2. The van der Waals surface area contributed by atoms with E-state index in [4.69, 9.17) is 4.52 Å². The zero-order valence-electron chi connectivity index (χ0n) is 13.4. The molecule has 1 atom stereocenters. The van der Waals surface area contributed by atoms with Gasteiger partial charge in [0, 0.05) is 30.6 Å². The van der Waals surface area contributed by atoms with Gasteiger partial charge in [0.2, 0.25) is 5.76 Å². The lowest BCUT2D eigenvalue weighted by molar-refractivity contribution is 0.0693. The van der Waals surface area contributed by atoms with Crippen molar-refractivity contribution in [2.75, 3.05) is 6.54 Å². The van der Waals surface area contributed by atoms with Crippen LogP contribution < -0.4 is 0 Å². The zero-order chi connectivity index (χ0) is 17.2. The van der Waals surface area contributed by atoms with Crippen LogP contribution in [-0.2, 0) is 0 Å². The van der Waals surface area contributed by atoms with Crippen LogP contribution in [0.3, 0.4) is 0 Å². The lowest BCUT2D eigenvalue weighted by Crippen LogP contribution is -2.30. The average molecular weight is 337 g/mol. The predicted octanol–water partition coefficient (Wildman–Crippen LogP) is 3.85. The summed E-state index contributed by atoms with van der Waals surface area (Å²) in [5.74, 6) is -0.389. The molecule has 1 aliphatic rings. The molecule has 1 aliphatic heterocycles. The molecule has 1 aromatic carbocycles. The van der Waals surface area contributed by atoms with Gasteiger partial charge in [-0.25, -0.2) is 4.39 Å². The maximum Gasteiger partial charge on any atom is 0.292 e. The Bertz CT molecular complexity index is 894. The first-order valence-corrected chi connectivity index (χ1v) is 8.16. The maximum absolute atomic E-state index is 13.4. The molecule has 4 rings (SSSR count). The zero-order valence-corrected chi connectivity index (χ0v) is 13.4. The van der Waals surface area contributed by atoms with Crippen LogP contribution in [0.15, 0.2) is 59.4 Å². The fourth-order valence-electron chi connectivity index (χ4n) is 3.24. The van der Waals surface area contributed by atoms with Crippen molar-refractivity contribution in [3.63, 3.8) is 0 Å². The molecular weight excluding hydrogens is 321 g/mol. The Labute approximate surface area is 144 Å². The summed E-state index contributed by atoms with van der Waals surface area (Å²) in [6, 6.07) is 11.5. The normalized spacial score (nSPS) is 17.0. The van der Waals surface area contributed by atoms with Crippen LogP contribution in [0, 0.1) is 5.82 Å².